The third-order valence-corrected chi connectivity index (χ3v) is 2.39. The molecule has 1 heterocycles. The summed E-state index contributed by atoms with van der Waals surface area (Å²) >= 11 is 0. The third kappa shape index (κ3) is 3.37. The molecule has 92 valence electrons. The zero-order chi connectivity index (χ0) is 12.3. The molecule has 0 saturated carbocycles. The minimum atomic E-state index is -1.01. The van der Waals surface area contributed by atoms with Gasteiger partial charge in [-0.05, 0) is 13.8 Å². The highest BCUT2D eigenvalue weighted by Gasteiger charge is 2.28. The summed E-state index contributed by atoms with van der Waals surface area (Å²) in [7, 11) is 1.49. The van der Waals surface area contributed by atoms with E-state index in [-0.39, 0.29) is 24.8 Å². The van der Waals surface area contributed by atoms with E-state index in [4.69, 9.17) is 9.84 Å². The summed E-state index contributed by atoms with van der Waals surface area (Å²) in [4.78, 5) is 25.2. The van der Waals surface area contributed by atoms with Crippen LogP contribution in [0.1, 0.15) is 13.8 Å². The lowest BCUT2D eigenvalue weighted by Gasteiger charge is -2.37. The molecular formula is C10H18N2O4. The Morgan fingerprint density at radius 1 is 1.38 bits per heavy atom. The lowest BCUT2D eigenvalue weighted by molar-refractivity contribution is -0.137. The molecule has 0 aromatic carbocycles. The second-order valence-corrected chi connectivity index (χ2v) is 4.19. The fraction of sp³-hybridized carbons (Fsp3) is 0.800. The number of carbonyl (C=O) groups is 2. The maximum Gasteiger partial charge on any atom is 0.323 e. The summed E-state index contributed by atoms with van der Waals surface area (Å²) in [6, 6.07) is -0.260. The molecule has 6 nitrogen and oxygen atoms in total. The lowest BCUT2D eigenvalue weighted by atomic mass is 10.2. The molecule has 2 amide bonds. The van der Waals surface area contributed by atoms with E-state index in [1.54, 1.807) is 4.90 Å². The first-order chi connectivity index (χ1) is 7.40. The summed E-state index contributed by atoms with van der Waals surface area (Å²) in [6.07, 6.45) is -0.0168. The maximum absolute atomic E-state index is 11.9. The van der Waals surface area contributed by atoms with Crippen LogP contribution in [-0.2, 0) is 9.53 Å². The Labute approximate surface area is 94.8 Å². The van der Waals surface area contributed by atoms with Gasteiger partial charge in [0.1, 0.15) is 6.54 Å². The minimum Gasteiger partial charge on any atom is -0.480 e. The van der Waals surface area contributed by atoms with E-state index in [2.05, 4.69) is 0 Å². The van der Waals surface area contributed by atoms with Crippen molar-refractivity contribution in [1.82, 2.24) is 9.80 Å². The molecule has 1 fully saturated rings. The van der Waals surface area contributed by atoms with Crippen molar-refractivity contribution >= 4 is 12.0 Å². The quantitative estimate of drug-likeness (QED) is 0.737. The summed E-state index contributed by atoms with van der Waals surface area (Å²) in [5.41, 5.74) is 0. The molecule has 16 heavy (non-hydrogen) atoms. The molecule has 0 unspecified atom stereocenters. The van der Waals surface area contributed by atoms with E-state index in [0.717, 1.165) is 0 Å². The first-order valence-corrected chi connectivity index (χ1v) is 5.27. The zero-order valence-electron chi connectivity index (χ0n) is 9.84. The Bertz CT molecular complexity index is 272. The van der Waals surface area contributed by atoms with Crippen molar-refractivity contribution < 1.29 is 19.4 Å². The number of aliphatic carboxylic acids is 1. The van der Waals surface area contributed by atoms with Crippen molar-refractivity contribution in [2.24, 2.45) is 0 Å². The standard InChI is InChI=1S/C10H18N2O4/c1-7-4-12(5-8(2)16-7)10(15)11(3)6-9(13)14/h7-8H,4-6H2,1-3H3,(H,13,14)/t7-,8+. The highest BCUT2D eigenvalue weighted by molar-refractivity contribution is 5.80. The highest BCUT2D eigenvalue weighted by atomic mass is 16.5. The van der Waals surface area contributed by atoms with Crippen molar-refractivity contribution in [1.29, 1.82) is 0 Å². The third-order valence-electron chi connectivity index (χ3n) is 2.39. The van der Waals surface area contributed by atoms with Crippen LogP contribution in [0.15, 0.2) is 0 Å². The zero-order valence-corrected chi connectivity index (χ0v) is 9.84. The first-order valence-electron chi connectivity index (χ1n) is 5.27. The Balaban J connectivity index is 2.55. The van der Waals surface area contributed by atoms with Gasteiger partial charge in [0.25, 0.3) is 0 Å². The van der Waals surface area contributed by atoms with E-state index in [1.165, 1.54) is 11.9 Å². The molecule has 1 rings (SSSR count). The van der Waals surface area contributed by atoms with Crippen LogP contribution in [0.5, 0.6) is 0 Å². The van der Waals surface area contributed by atoms with Crippen molar-refractivity contribution in [2.75, 3.05) is 26.7 Å². The molecule has 0 radical (unpaired) electrons. The molecule has 6 heteroatoms. The van der Waals surface area contributed by atoms with Gasteiger partial charge in [0.2, 0.25) is 0 Å². The number of nitrogens with zero attached hydrogens (tertiary/aromatic N) is 2. The molecule has 0 spiro atoms. The Kier molecular flexibility index (Phi) is 4.12. The average Bonchev–Trinajstić information content (AvgIpc) is 2.13. The molecule has 0 aromatic heterocycles. The number of likely N-dealkylation sites (N-methyl/N-ethyl adjacent to an activating group) is 1. The lowest BCUT2D eigenvalue weighted by Crippen LogP contribution is -2.52. The molecular weight excluding hydrogens is 212 g/mol. The smallest absolute Gasteiger partial charge is 0.323 e. The van der Waals surface area contributed by atoms with E-state index in [9.17, 15) is 9.59 Å². The van der Waals surface area contributed by atoms with Gasteiger partial charge in [0.05, 0.1) is 12.2 Å². The average molecular weight is 230 g/mol. The van der Waals surface area contributed by atoms with Gasteiger partial charge in [-0.25, -0.2) is 4.79 Å². The fourth-order valence-corrected chi connectivity index (χ4v) is 1.85. The molecule has 0 aromatic rings. The fourth-order valence-electron chi connectivity index (χ4n) is 1.85. The number of urea groups is 1. The van der Waals surface area contributed by atoms with Crippen molar-refractivity contribution in [3.05, 3.63) is 0 Å². The summed E-state index contributed by atoms with van der Waals surface area (Å²) in [6.45, 7) is 4.53. The topological polar surface area (TPSA) is 70.1 Å². The second kappa shape index (κ2) is 5.16. The van der Waals surface area contributed by atoms with Crippen LogP contribution in [0.4, 0.5) is 4.79 Å². The SMILES string of the molecule is C[C@@H]1CN(C(=O)N(C)CC(=O)O)C[C@H](C)O1. The predicted molar refractivity (Wildman–Crippen MR) is 57.2 cm³/mol. The predicted octanol–water partition coefficient (Wildman–Crippen LogP) is 0.232. The van der Waals surface area contributed by atoms with Gasteiger partial charge in [-0.15, -0.1) is 0 Å². The van der Waals surface area contributed by atoms with Crippen LogP contribution in [0.2, 0.25) is 0 Å². The monoisotopic (exact) mass is 230 g/mol. The van der Waals surface area contributed by atoms with Crippen molar-refractivity contribution in [3.8, 4) is 0 Å². The number of carboxylic acid groups (broad SMARTS) is 1. The Hall–Kier alpha value is -1.30. The van der Waals surface area contributed by atoms with Crippen LogP contribution >= 0.6 is 0 Å². The van der Waals surface area contributed by atoms with Crippen LogP contribution in [-0.4, -0.2) is 65.8 Å². The van der Waals surface area contributed by atoms with Gasteiger partial charge in [0, 0.05) is 20.1 Å². The molecule has 0 bridgehead atoms. The number of amides is 2. The normalized spacial score (nSPS) is 25.3. The van der Waals surface area contributed by atoms with Gasteiger partial charge >= 0.3 is 12.0 Å². The molecule has 1 aliphatic heterocycles. The van der Waals surface area contributed by atoms with Gasteiger partial charge in [-0.1, -0.05) is 0 Å². The Morgan fingerprint density at radius 3 is 2.31 bits per heavy atom. The molecule has 1 saturated heterocycles. The van der Waals surface area contributed by atoms with Gasteiger partial charge in [-0.3, -0.25) is 4.79 Å². The molecule has 1 N–H and O–H groups in total. The number of carbonyl (C=O) groups excluding carboxylic acids is 1. The Morgan fingerprint density at radius 2 is 1.88 bits per heavy atom. The van der Waals surface area contributed by atoms with Gasteiger partial charge < -0.3 is 19.6 Å². The molecule has 0 aliphatic carbocycles. The molecule has 1 aliphatic rings. The number of hydrogen-bond acceptors (Lipinski definition) is 3. The van der Waals surface area contributed by atoms with Crippen LogP contribution in [0.3, 0.4) is 0 Å². The maximum atomic E-state index is 11.9. The number of carboxylic acids is 1. The summed E-state index contributed by atoms with van der Waals surface area (Å²) in [5.74, 6) is -1.01. The minimum absolute atomic E-state index is 0.00840. The number of hydrogen-bond donors (Lipinski definition) is 1. The number of ether oxygens (including phenoxy) is 1. The van der Waals surface area contributed by atoms with Crippen molar-refractivity contribution in [2.45, 2.75) is 26.1 Å². The van der Waals surface area contributed by atoms with Crippen LogP contribution in [0, 0.1) is 0 Å². The number of morpholine rings is 1. The first kappa shape index (κ1) is 12.8. The van der Waals surface area contributed by atoms with E-state index < -0.39 is 5.97 Å². The highest BCUT2D eigenvalue weighted by Crippen LogP contribution is 2.12. The number of rotatable bonds is 2. The van der Waals surface area contributed by atoms with Crippen LogP contribution in [0.25, 0.3) is 0 Å². The van der Waals surface area contributed by atoms with E-state index >= 15 is 0 Å². The summed E-state index contributed by atoms with van der Waals surface area (Å²) in [5, 5.41) is 8.60. The second-order valence-electron chi connectivity index (χ2n) is 4.19. The summed E-state index contributed by atoms with van der Waals surface area (Å²) < 4.78 is 5.50. The largest absolute Gasteiger partial charge is 0.480 e. The van der Waals surface area contributed by atoms with Crippen LogP contribution < -0.4 is 0 Å². The van der Waals surface area contributed by atoms with E-state index in [1.807, 2.05) is 13.8 Å². The van der Waals surface area contributed by atoms with Crippen molar-refractivity contribution in [3.63, 3.8) is 0 Å². The van der Waals surface area contributed by atoms with E-state index in [0.29, 0.717) is 13.1 Å². The van der Waals surface area contributed by atoms with Gasteiger partial charge in [0.15, 0.2) is 0 Å². The van der Waals surface area contributed by atoms with Gasteiger partial charge in [-0.2, -0.15) is 0 Å². The molecule has 2 atom stereocenters.